The van der Waals surface area contributed by atoms with Crippen LogP contribution >= 0.6 is 0 Å². The number of carbonyl (C=O) groups excluding carboxylic acids is 5. The lowest BCUT2D eigenvalue weighted by molar-refractivity contribution is 0.0532. The van der Waals surface area contributed by atoms with Crippen LogP contribution in [0.4, 0.5) is 24.9 Å². The Morgan fingerprint density at radius 2 is 1.13 bits per heavy atom. The fourth-order valence-electron chi connectivity index (χ4n) is 6.03. The number of hydrogen-bond acceptors (Lipinski definition) is 9. The van der Waals surface area contributed by atoms with Gasteiger partial charge in [0.1, 0.15) is 22.4 Å². The van der Waals surface area contributed by atoms with Crippen molar-refractivity contribution in [3.05, 3.63) is 70.8 Å². The minimum Gasteiger partial charge on any atom is -0.444 e. The summed E-state index contributed by atoms with van der Waals surface area (Å²) < 4.78 is 21.5. The molecule has 0 unspecified atom stereocenters. The van der Waals surface area contributed by atoms with Gasteiger partial charge in [-0.3, -0.25) is 15.4 Å². The molecule has 60 heavy (non-hydrogen) atoms. The molecule has 0 aromatic heterocycles. The highest BCUT2D eigenvalue weighted by atomic mass is 16.6. The number of ether oxygens (including phenoxy) is 4. The van der Waals surface area contributed by atoms with Gasteiger partial charge in [-0.2, -0.15) is 0 Å². The highest BCUT2D eigenvalue weighted by molar-refractivity contribution is 6.05. The number of nitrogens with one attached hydrogen (secondary N) is 3. The summed E-state index contributed by atoms with van der Waals surface area (Å²) in [5.41, 5.74) is 1.94. The molecule has 1 fully saturated rings. The topological polar surface area (TPSA) is 190 Å². The Labute approximate surface area is 353 Å². The molecular weight excluding hydrogens is 771 g/mol. The Balaban J connectivity index is 1.38. The van der Waals surface area contributed by atoms with E-state index in [0.29, 0.717) is 43.9 Å². The molecule has 3 N–H and O–H groups in total. The third-order valence-corrected chi connectivity index (χ3v) is 8.58. The first-order valence-corrected chi connectivity index (χ1v) is 20.0. The van der Waals surface area contributed by atoms with Gasteiger partial charge < -0.3 is 34.1 Å². The molecule has 0 aliphatic carbocycles. The van der Waals surface area contributed by atoms with Crippen LogP contribution in [0.5, 0.6) is 0 Å². The number of anilines is 1. The number of alkyl carbamates (subject to hydrolysis) is 2. The van der Waals surface area contributed by atoms with E-state index in [1.807, 2.05) is 49.4 Å². The molecule has 0 spiro atoms. The van der Waals surface area contributed by atoms with Crippen molar-refractivity contribution < 1.29 is 42.9 Å². The van der Waals surface area contributed by atoms with Gasteiger partial charge in [0.2, 0.25) is 11.9 Å². The van der Waals surface area contributed by atoms with E-state index in [4.69, 9.17) is 18.9 Å². The number of guanidine groups is 2. The molecule has 1 saturated heterocycles. The number of aryl methyl sites for hydroxylation is 1. The number of likely N-dealkylation sites (tertiary alicyclic amines) is 1. The average molecular weight is 832 g/mol. The lowest BCUT2D eigenvalue weighted by Crippen LogP contribution is -2.55. The zero-order valence-electron chi connectivity index (χ0n) is 37.2. The van der Waals surface area contributed by atoms with Crippen molar-refractivity contribution in [2.75, 3.05) is 31.5 Å². The molecule has 0 atom stereocenters. The summed E-state index contributed by atoms with van der Waals surface area (Å²) in [7, 11) is 0. The molecular formula is C44H61N7O9. The van der Waals surface area contributed by atoms with Crippen LogP contribution in [0.1, 0.15) is 122 Å². The van der Waals surface area contributed by atoms with Gasteiger partial charge >= 0.3 is 24.4 Å². The van der Waals surface area contributed by atoms with Crippen LogP contribution in [0, 0.1) is 6.92 Å². The molecule has 2 aromatic rings. The molecule has 0 saturated carbocycles. The fourth-order valence-corrected chi connectivity index (χ4v) is 6.03. The average Bonchev–Trinajstić information content (AvgIpc) is 3.04. The van der Waals surface area contributed by atoms with Crippen molar-refractivity contribution in [1.82, 2.24) is 20.4 Å². The quantitative estimate of drug-likeness (QED) is 0.153. The van der Waals surface area contributed by atoms with Gasteiger partial charge in [-0.1, -0.05) is 30.3 Å². The minimum absolute atomic E-state index is 0.0335. The highest BCUT2D eigenvalue weighted by Crippen LogP contribution is 2.29. The van der Waals surface area contributed by atoms with E-state index in [-0.39, 0.29) is 23.7 Å². The van der Waals surface area contributed by atoms with E-state index in [2.05, 4.69) is 25.9 Å². The summed E-state index contributed by atoms with van der Waals surface area (Å²) in [4.78, 5) is 75.3. The van der Waals surface area contributed by atoms with E-state index in [0.717, 1.165) is 22.3 Å². The molecule has 2 aliphatic rings. The molecule has 16 heteroatoms. The molecule has 16 nitrogen and oxygen atoms in total. The molecule has 5 amide bonds. The Morgan fingerprint density at radius 3 is 1.57 bits per heavy atom. The Kier molecular flexibility index (Phi) is 14.5. The third-order valence-electron chi connectivity index (χ3n) is 8.58. The van der Waals surface area contributed by atoms with Gasteiger partial charge in [0.25, 0.3) is 5.91 Å². The van der Waals surface area contributed by atoms with Crippen LogP contribution in [0.2, 0.25) is 0 Å². The lowest BCUT2D eigenvalue weighted by Gasteiger charge is -2.41. The summed E-state index contributed by atoms with van der Waals surface area (Å²) in [6.45, 7) is 24.5. The third kappa shape index (κ3) is 15.0. The fraction of sp³-hybridized carbons (Fsp3) is 0.523. The SMILES string of the molecule is Cc1cc(C2=CCN(/C(=N/C(=O)OC(C)(C)C)NC(=O)OC(C)(C)C)CC2)ccc1C(=O)Nc1ccc(C2CN(/C(=N/C(=O)OC(C)(C)C)NC(=O)OC(C)(C)C)C2)cc1. The van der Waals surface area contributed by atoms with Crippen LogP contribution in [-0.4, -0.2) is 101 Å². The van der Waals surface area contributed by atoms with Crippen molar-refractivity contribution in [2.24, 2.45) is 9.98 Å². The lowest BCUT2D eigenvalue weighted by atomic mass is 9.91. The maximum atomic E-state index is 13.4. The van der Waals surface area contributed by atoms with Gasteiger partial charge in [0, 0.05) is 43.3 Å². The van der Waals surface area contributed by atoms with Gasteiger partial charge in [-0.15, -0.1) is 9.98 Å². The van der Waals surface area contributed by atoms with E-state index in [9.17, 15) is 24.0 Å². The number of benzene rings is 2. The number of aliphatic imine (C=N–C) groups is 2. The summed E-state index contributed by atoms with van der Waals surface area (Å²) in [6, 6.07) is 13.2. The zero-order valence-corrected chi connectivity index (χ0v) is 37.2. The first kappa shape index (κ1) is 46.8. The van der Waals surface area contributed by atoms with Crippen molar-refractivity contribution in [3.8, 4) is 0 Å². The summed E-state index contributed by atoms with van der Waals surface area (Å²) in [6.07, 6.45) is -0.551. The molecule has 2 aromatic carbocycles. The zero-order chi connectivity index (χ0) is 44.8. The van der Waals surface area contributed by atoms with Crippen LogP contribution < -0.4 is 16.0 Å². The normalized spacial score (nSPS) is 15.6. The van der Waals surface area contributed by atoms with Crippen molar-refractivity contribution in [2.45, 2.75) is 125 Å². The summed E-state index contributed by atoms with van der Waals surface area (Å²) in [5, 5.41) is 8.19. The Bertz CT molecular complexity index is 2020. The Hall–Kier alpha value is -5.93. The smallest absolute Gasteiger partial charge is 0.437 e. The predicted molar refractivity (Wildman–Crippen MR) is 230 cm³/mol. The van der Waals surface area contributed by atoms with Crippen LogP contribution in [0.25, 0.3) is 5.57 Å². The van der Waals surface area contributed by atoms with E-state index in [1.54, 1.807) is 99.0 Å². The second-order valence-corrected chi connectivity index (χ2v) is 18.7. The maximum Gasteiger partial charge on any atom is 0.437 e. The van der Waals surface area contributed by atoms with E-state index >= 15 is 0 Å². The highest BCUT2D eigenvalue weighted by Gasteiger charge is 2.33. The number of rotatable bonds is 4. The Morgan fingerprint density at radius 1 is 0.650 bits per heavy atom. The van der Waals surface area contributed by atoms with Crippen molar-refractivity contribution in [1.29, 1.82) is 0 Å². The van der Waals surface area contributed by atoms with Gasteiger partial charge in [0.15, 0.2) is 0 Å². The predicted octanol–water partition coefficient (Wildman–Crippen LogP) is 8.37. The molecule has 2 heterocycles. The van der Waals surface area contributed by atoms with E-state index in [1.165, 1.54) is 0 Å². The molecule has 2 aliphatic heterocycles. The molecule has 4 rings (SSSR count). The van der Waals surface area contributed by atoms with Crippen molar-refractivity contribution >= 4 is 53.5 Å². The van der Waals surface area contributed by atoms with Crippen LogP contribution in [0.15, 0.2) is 58.5 Å². The van der Waals surface area contributed by atoms with Crippen molar-refractivity contribution in [3.63, 3.8) is 0 Å². The summed E-state index contributed by atoms with van der Waals surface area (Å²) in [5.74, 6) is -0.0858. The first-order chi connectivity index (χ1) is 27.6. The van der Waals surface area contributed by atoms with Gasteiger partial charge in [0.05, 0.1) is 0 Å². The second kappa shape index (κ2) is 18.6. The van der Waals surface area contributed by atoms with Crippen LogP contribution in [-0.2, 0) is 18.9 Å². The number of amides is 5. The number of hydrogen-bond donors (Lipinski definition) is 3. The minimum atomic E-state index is -0.831. The molecule has 0 radical (unpaired) electrons. The van der Waals surface area contributed by atoms with Gasteiger partial charge in [-0.05, 0) is 137 Å². The molecule has 0 bridgehead atoms. The largest absolute Gasteiger partial charge is 0.444 e. The maximum absolute atomic E-state index is 13.4. The second-order valence-electron chi connectivity index (χ2n) is 18.7. The van der Waals surface area contributed by atoms with Crippen LogP contribution in [0.3, 0.4) is 0 Å². The molecule has 326 valence electrons. The summed E-state index contributed by atoms with van der Waals surface area (Å²) >= 11 is 0. The number of carbonyl (C=O) groups is 5. The van der Waals surface area contributed by atoms with Gasteiger partial charge in [-0.25, -0.2) is 19.2 Å². The van der Waals surface area contributed by atoms with E-state index < -0.39 is 46.8 Å². The number of nitrogens with zero attached hydrogens (tertiary/aromatic N) is 4. The first-order valence-electron chi connectivity index (χ1n) is 20.0. The standard InChI is InChI=1S/C44H61N7O9/c1-27-24-30(29-20-22-50(23-21-29)35(46-37(53)57-41(2,3)4)47-38(54)58-42(5,6)7)16-19-33(27)34(52)45-32-17-14-28(15-18-32)31-25-51(26-31)36(48-39(55)59-43(8,9)10)49-40(56)60-44(11,12)13/h14-20,24,31H,21-23,25-26H2,1-13H3,(H,45,52)(H,46,47,53,54)(H,48,49,55,56). The monoisotopic (exact) mass is 831 g/mol.